The van der Waals surface area contributed by atoms with Gasteiger partial charge < -0.3 is 9.64 Å². The molecule has 2 saturated heterocycles. The van der Waals surface area contributed by atoms with Crippen LogP contribution >= 0.6 is 0 Å². The van der Waals surface area contributed by atoms with Crippen molar-refractivity contribution in [2.24, 2.45) is 5.41 Å². The third-order valence-corrected chi connectivity index (χ3v) is 7.43. The van der Waals surface area contributed by atoms with E-state index in [9.17, 15) is 13.2 Å². The molecule has 0 saturated carbocycles. The summed E-state index contributed by atoms with van der Waals surface area (Å²) in [5.41, 5.74) is 0.402. The predicted molar refractivity (Wildman–Crippen MR) is 105 cm³/mol. The van der Waals surface area contributed by atoms with Gasteiger partial charge in [0.25, 0.3) is 0 Å². The molecular weight excluding hydrogens is 378 g/mol. The minimum absolute atomic E-state index is 0.00386. The molecule has 0 N–H and O–H groups in total. The molecule has 1 aromatic heterocycles. The number of cyclic esters (lactones) is 1. The minimum atomic E-state index is -3.64. The van der Waals surface area contributed by atoms with Crippen LogP contribution < -0.4 is 0 Å². The average Bonchev–Trinajstić information content (AvgIpc) is 2.69. The molecule has 2 aliphatic rings. The van der Waals surface area contributed by atoms with E-state index in [1.54, 1.807) is 29.3 Å². The van der Waals surface area contributed by atoms with Crippen molar-refractivity contribution in [2.45, 2.75) is 37.6 Å². The van der Waals surface area contributed by atoms with Crippen LogP contribution in [0.4, 0.5) is 4.79 Å². The van der Waals surface area contributed by atoms with Gasteiger partial charge in [-0.15, -0.1) is 0 Å². The largest absolute Gasteiger partial charge is 0.449 e. The number of sulfonamides is 1. The van der Waals surface area contributed by atoms with Crippen molar-refractivity contribution in [3.8, 4) is 0 Å². The molecule has 0 aliphatic carbocycles. The van der Waals surface area contributed by atoms with Gasteiger partial charge >= 0.3 is 6.09 Å². The first kappa shape index (κ1) is 19.1. The van der Waals surface area contributed by atoms with E-state index in [0.29, 0.717) is 44.6 Å². The number of amides is 1. The van der Waals surface area contributed by atoms with Gasteiger partial charge in [0.1, 0.15) is 4.90 Å². The van der Waals surface area contributed by atoms with E-state index in [4.69, 9.17) is 4.74 Å². The quantitative estimate of drug-likeness (QED) is 0.787. The van der Waals surface area contributed by atoms with Crippen molar-refractivity contribution in [3.63, 3.8) is 0 Å². The molecule has 1 amide bonds. The smallest absolute Gasteiger partial charge is 0.410 e. The Kier molecular flexibility index (Phi) is 4.79. The Morgan fingerprint density at radius 1 is 1.14 bits per heavy atom. The predicted octanol–water partition coefficient (Wildman–Crippen LogP) is 2.87. The molecular formula is C20H25N3O4S. The van der Waals surface area contributed by atoms with E-state index in [0.717, 1.165) is 5.39 Å². The van der Waals surface area contributed by atoms with E-state index < -0.39 is 10.0 Å². The number of para-hydroxylation sites is 1. The molecule has 0 bridgehead atoms. The maximum absolute atomic E-state index is 13.2. The summed E-state index contributed by atoms with van der Waals surface area (Å²) in [5.74, 6) is 0. The van der Waals surface area contributed by atoms with Crippen molar-refractivity contribution in [1.29, 1.82) is 0 Å². The number of piperidine rings is 1. The number of carbonyl (C=O) groups is 1. The standard InChI is InChI=1S/C20H25N3O4S/c1-20(2)13-23(19(24)27-14-20)16-8-11-22(12-9-16)28(25,26)17-7-3-5-15-6-4-10-21-18(15)17/h3-7,10,16H,8-9,11-14H2,1-2H3. The van der Waals surface area contributed by atoms with Crippen molar-refractivity contribution < 1.29 is 17.9 Å². The number of ether oxygens (including phenoxy) is 1. The van der Waals surface area contributed by atoms with Gasteiger partial charge in [-0.3, -0.25) is 4.98 Å². The molecule has 28 heavy (non-hydrogen) atoms. The highest BCUT2D eigenvalue weighted by atomic mass is 32.2. The summed E-state index contributed by atoms with van der Waals surface area (Å²) in [7, 11) is -3.64. The van der Waals surface area contributed by atoms with Gasteiger partial charge in [0, 0.05) is 42.7 Å². The van der Waals surface area contributed by atoms with Crippen LogP contribution in [-0.2, 0) is 14.8 Å². The number of hydrogen-bond acceptors (Lipinski definition) is 5. The second-order valence-corrected chi connectivity index (χ2v) is 10.2. The van der Waals surface area contributed by atoms with E-state index in [1.165, 1.54) is 4.31 Å². The highest BCUT2D eigenvalue weighted by Crippen LogP contribution is 2.31. The number of benzene rings is 1. The molecule has 1 aromatic carbocycles. The number of rotatable bonds is 3. The lowest BCUT2D eigenvalue weighted by Crippen LogP contribution is -2.55. The fraction of sp³-hybridized carbons (Fsp3) is 0.500. The van der Waals surface area contributed by atoms with Crippen LogP contribution in [0, 0.1) is 5.41 Å². The molecule has 8 heteroatoms. The zero-order valence-corrected chi connectivity index (χ0v) is 17.0. The molecule has 0 radical (unpaired) electrons. The number of fused-ring (bicyclic) bond motifs is 1. The molecule has 3 heterocycles. The third kappa shape index (κ3) is 3.46. The highest BCUT2D eigenvalue weighted by Gasteiger charge is 2.39. The van der Waals surface area contributed by atoms with Crippen LogP contribution in [0.1, 0.15) is 26.7 Å². The van der Waals surface area contributed by atoms with Gasteiger partial charge in [-0.25, -0.2) is 13.2 Å². The zero-order valence-electron chi connectivity index (χ0n) is 16.2. The third-order valence-electron chi connectivity index (χ3n) is 5.50. The Morgan fingerprint density at radius 2 is 1.86 bits per heavy atom. The summed E-state index contributed by atoms with van der Waals surface area (Å²) >= 11 is 0. The Bertz CT molecular complexity index is 992. The van der Waals surface area contributed by atoms with E-state index >= 15 is 0 Å². The molecule has 0 unspecified atom stereocenters. The zero-order chi connectivity index (χ0) is 19.9. The number of pyridine rings is 1. The van der Waals surface area contributed by atoms with Crippen LogP contribution in [0.3, 0.4) is 0 Å². The fourth-order valence-corrected chi connectivity index (χ4v) is 5.64. The van der Waals surface area contributed by atoms with Gasteiger partial charge in [-0.1, -0.05) is 32.0 Å². The number of carbonyl (C=O) groups excluding carboxylic acids is 1. The van der Waals surface area contributed by atoms with E-state index in [-0.39, 0.29) is 22.4 Å². The fourth-order valence-electron chi connectivity index (χ4n) is 4.01. The van der Waals surface area contributed by atoms with Crippen molar-refractivity contribution in [3.05, 3.63) is 36.5 Å². The van der Waals surface area contributed by atoms with E-state index in [2.05, 4.69) is 18.8 Å². The summed E-state index contributed by atoms with van der Waals surface area (Å²) in [5, 5.41) is 0.803. The number of hydrogen-bond donors (Lipinski definition) is 0. The van der Waals surface area contributed by atoms with Gasteiger partial charge in [0.05, 0.1) is 12.1 Å². The van der Waals surface area contributed by atoms with Gasteiger partial charge in [0.15, 0.2) is 0 Å². The van der Waals surface area contributed by atoms with Crippen LogP contribution in [-0.4, -0.2) is 61.0 Å². The molecule has 0 spiro atoms. The monoisotopic (exact) mass is 403 g/mol. The van der Waals surface area contributed by atoms with Crippen molar-refractivity contribution in [2.75, 3.05) is 26.2 Å². The van der Waals surface area contributed by atoms with Gasteiger partial charge in [-0.05, 0) is 25.0 Å². The summed E-state index contributed by atoms with van der Waals surface area (Å²) in [6.45, 7) is 5.94. The van der Waals surface area contributed by atoms with Crippen LogP contribution in [0.15, 0.2) is 41.4 Å². The normalized spacial score (nSPS) is 21.6. The van der Waals surface area contributed by atoms with Crippen LogP contribution in [0.2, 0.25) is 0 Å². The Labute approximate surface area is 165 Å². The lowest BCUT2D eigenvalue weighted by atomic mass is 9.91. The van der Waals surface area contributed by atoms with Crippen LogP contribution in [0.5, 0.6) is 0 Å². The molecule has 2 fully saturated rings. The summed E-state index contributed by atoms with van der Waals surface area (Å²) in [6.07, 6.45) is 2.52. The highest BCUT2D eigenvalue weighted by molar-refractivity contribution is 7.89. The van der Waals surface area contributed by atoms with Gasteiger partial charge in [0.2, 0.25) is 10.0 Å². The second-order valence-electron chi connectivity index (χ2n) is 8.31. The van der Waals surface area contributed by atoms with Gasteiger partial charge in [-0.2, -0.15) is 4.31 Å². The summed E-state index contributed by atoms with van der Waals surface area (Å²) in [4.78, 5) is 18.5. The van der Waals surface area contributed by atoms with Crippen molar-refractivity contribution >= 4 is 27.0 Å². The first-order valence-corrected chi connectivity index (χ1v) is 11.0. The average molecular weight is 404 g/mol. The molecule has 2 aromatic rings. The molecule has 4 rings (SSSR count). The molecule has 2 aliphatic heterocycles. The number of nitrogens with zero attached hydrogens (tertiary/aromatic N) is 3. The second kappa shape index (κ2) is 7.00. The lowest BCUT2D eigenvalue weighted by molar-refractivity contribution is -0.0129. The Hall–Kier alpha value is -2.19. The minimum Gasteiger partial charge on any atom is -0.449 e. The van der Waals surface area contributed by atoms with Crippen LogP contribution in [0.25, 0.3) is 10.9 Å². The lowest BCUT2D eigenvalue weighted by Gasteiger charge is -2.43. The van der Waals surface area contributed by atoms with Crippen molar-refractivity contribution in [1.82, 2.24) is 14.2 Å². The summed E-state index contributed by atoms with van der Waals surface area (Å²) in [6, 6.07) is 8.87. The number of aromatic nitrogens is 1. The molecule has 0 atom stereocenters. The Morgan fingerprint density at radius 3 is 2.61 bits per heavy atom. The maximum atomic E-state index is 13.2. The Balaban J connectivity index is 1.52. The molecule has 150 valence electrons. The maximum Gasteiger partial charge on any atom is 0.410 e. The SMILES string of the molecule is CC1(C)COC(=O)N(C2CCN(S(=O)(=O)c3cccc4cccnc34)CC2)C1. The molecule has 7 nitrogen and oxygen atoms in total. The first-order valence-electron chi connectivity index (χ1n) is 9.55. The van der Waals surface area contributed by atoms with E-state index in [1.807, 2.05) is 12.1 Å². The summed E-state index contributed by atoms with van der Waals surface area (Å²) < 4.78 is 33.3. The first-order chi connectivity index (χ1) is 13.3. The topological polar surface area (TPSA) is 79.8 Å².